The van der Waals surface area contributed by atoms with Crippen LogP contribution >= 0.6 is 12.2 Å². The number of rotatable bonds is 3. The number of hydrogen-bond donors (Lipinski definition) is 1. The molecule has 4 rings (SSSR count). The zero-order valence-corrected chi connectivity index (χ0v) is 18.1. The third-order valence-corrected chi connectivity index (χ3v) is 5.49. The first-order valence-corrected chi connectivity index (χ1v) is 10.1. The normalized spacial score (nSPS) is 18.0. The molecular weight excluding hydrogens is 424 g/mol. The van der Waals surface area contributed by atoms with Crippen LogP contribution in [0, 0.1) is 11.6 Å². The van der Waals surface area contributed by atoms with Crippen molar-refractivity contribution in [3.05, 3.63) is 64.9 Å². The molecule has 0 unspecified atom stereocenters. The van der Waals surface area contributed by atoms with Crippen LogP contribution in [0.2, 0.25) is 0 Å². The van der Waals surface area contributed by atoms with Gasteiger partial charge in [-0.25, -0.2) is 8.78 Å². The number of nitrogens with one attached hydrogen (secondary N) is 1. The Hall–Kier alpha value is -3.20. The molecule has 0 aromatic heterocycles. The van der Waals surface area contributed by atoms with Gasteiger partial charge in [-0.2, -0.15) is 0 Å². The summed E-state index contributed by atoms with van der Waals surface area (Å²) >= 11 is 5.55. The third-order valence-electron chi connectivity index (χ3n) is 5.19. The Morgan fingerprint density at radius 1 is 1.13 bits per heavy atom. The summed E-state index contributed by atoms with van der Waals surface area (Å²) < 4.78 is 40.5. The largest absolute Gasteiger partial charge is 0.486 e. The molecule has 0 spiro atoms. The molecule has 0 radical (unpaired) electrons. The maximum absolute atomic E-state index is 14.6. The lowest BCUT2D eigenvalue weighted by Crippen LogP contribution is -2.49. The molecule has 31 heavy (non-hydrogen) atoms. The lowest BCUT2D eigenvalue weighted by Gasteiger charge is -2.39. The number of anilines is 1. The highest BCUT2D eigenvalue weighted by molar-refractivity contribution is 7.80. The number of ether oxygens (including phenoxy) is 2. The van der Waals surface area contributed by atoms with Crippen molar-refractivity contribution in [3.63, 3.8) is 0 Å². The van der Waals surface area contributed by atoms with E-state index >= 15 is 0 Å². The minimum absolute atomic E-state index is 0.192. The van der Waals surface area contributed by atoms with Gasteiger partial charge in [0, 0.05) is 25.9 Å². The fraction of sp³-hybridized carbons (Fsp3) is 0.273. The van der Waals surface area contributed by atoms with E-state index in [9.17, 15) is 13.6 Å². The molecule has 0 fully saturated rings. The van der Waals surface area contributed by atoms with Crippen molar-refractivity contribution in [2.24, 2.45) is 0 Å². The first-order chi connectivity index (χ1) is 14.8. The smallest absolute Gasteiger partial charge is 0.253 e. The SMILES string of the molecule is CC1=C(C(=O)N(C)C)[C@@H](c2c(F)cccc2F)NC(=S)N1c1ccc2c(c1)OCCO2. The summed E-state index contributed by atoms with van der Waals surface area (Å²) in [5.74, 6) is -0.733. The predicted octanol–water partition coefficient (Wildman–Crippen LogP) is 3.53. The van der Waals surface area contributed by atoms with Crippen LogP contribution < -0.4 is 19.7 Å². The van der Waals surface area contributed by atoms with Gasteiger partial charge in [-0.05, 0) is 43.4 Å². The van der Waals surface area contributed by atoms with Gasteiger partial charge >= 0.3 is 0 Å². The Morgan fingerprint density at radius 2 is 1.77 bits per heavy atom. The second-order valence-corrected chi connectivity index (χ2v) is 7.77. The number of carbonyl (C=O) groups excluding carboxylic acids is 1. The van der Waals surface area contributed by atoms with E-state index in [4.69, 9.17) is 21.7 Å². The summed E-state index contributed by atoms with van der Waals surface area (Å²) in [6, 6.07) is 7.82. The molecule has 2 aliphatic heterocycles. The van der Waals surface area contributed by atoms with Crippen molar-refractivity contribution in [2.45, 2.75) is 13.0 Å². The van der Waals surface area contributed by atoms with Crippen LogP contribution in [0.15, 0.2) is 47.7 Å². The highest BCUT2D eigenvalue weighted by Crippen LogP contribution is 2.39. The Kier molecular flexibility index (Phi) is 5.53. The van der Waals surface area contributed by atoms with E-state index < -0.39 is 17.7 Å². The monoisotopic (exact) mass is 445 g/mol. The van der Waals surface area contributed by atoms with Crippen molar-refractivity contribution in [2.75, 3.05) is 32.2 Å². The summed E-state index contributed by atoms with van der Waals surface area (Å²) in [7, 11) is 3.16. The summed E-state index contributed by atoms with van der Waals surface area (Å²) in [5.41, 5.74) is 1.04. The molecule has 2 aromatic carbocycles. The lowest BCUT2D eigenvalue weighted by atomic mass is 9.93. The Morgan fingerprint density at radius 3 is 2.42 bits per heavy atom. The zero-order chi connectivity index (χ0) is 22.3. The van der Waals surface area contributed by atoms with Crippen molar-refractivity contribution in [1.29, 1.82) is 0 Å². The lowest BCUT2D eigenvalue weighted by molar-refractivity contribution is -0.125. The van der Waals surface area contributed by atoms with Gasteiger partial charge < -0.3 is 19.7 Å². The number of likely N-dealkylation sites (N-methyl/N-ethyl adjacent to an activating group) is 1. The number of carbonyl (C=O) groups is 1. The Labute approximate surface area is 184 Å². The van der Waals surface area contributed by atoms with Crippen LogP contribution in [0.1, 0.15) is 18.5 Å². The molecule has 2 aliphatic rings. The molecule has 6 nitrogen and oxygen atoms in total. The quantitative estimate of drug-likeness (QED) is 0.730. The second-order valence-electron chi connectivity index (χ2n) is 7.38. The van der Waals surface area contributed by atoms with E-state index in [-0.39, 0.29) is 22.2 Å². The summed E-state index contributed by atoms with van der Waals surface area (Å²) in [4.78, 5) is 16.1. The minimum atomic E-state index is -1.07. The van der Waals surface area contributed by atoms with Crippen LogP contribution in [-0.4, -0.2) is 43.2 Å². The molecule has 0 saturated carbocycles. The van der Waals surface area contributed by atoms with Crippen LogP contribution in [0.4, 0.5) is 14.5 Å². The highest BCUT2D eigenvalue weighted by Gasteiger charge is 2.38. The fourth-order valence-corrected chi connectivity index (χ4v) is 4.11. The van der Waals surface area contributed by atoms with Gasteiger partial charge in [-0.1, -0.05) is 6.07 Å². The number of fused-ring (bicyclic) bond motifs is 1. The molecule has 2 aromatic rings. The van der Waals surface area contributed by atoms with Crippen molar-refractivity contribution in [1.82, 2.24) is 10.2 Å². The predicted molar refractivity (Wildman–Crippen MR) is 116 cm³/mol. The number of halogens is 2. The molecule has 162 valence electrons. The Balaban J connectivity index is 1.87. The third kappa shape index (κ3) is 3.69. The van der Waals surface area contributed by atoms with Gasteiger partial charge in [-0.15, -0.1) is 0 Å². The van der Waals surface area contributed by atoms with Crippen molar-refractivity contribution >= 4 is 28.9 Å². The van der Waals surface area contributed by atoms with E-state index in [1.165, 1.54) is 11.0 Å². The number of benzene rings is 2. The zero-order valence-electron chi connectivity index (χ0n) is 17.2. The van der Waals surface area contributed by atoms with E-state index in [2.05, 4.69) is 5.32 Å². The van der Waals surface area contributed by atoms with Gasteiger partial charge in [0.25, 0.3) is 5.91 Å². The molecule has 1 atom stereocenters. The van der Waals surface area contributed by atoms with Crippen molar-refractivity contribution in [3.8, 4) is 11.5 Å². The second kappa shape index (κ2) is 8.14. The number of hydrogen-bond acceptors (Lipinski definition) is 4. The fourth-order valence-electron chi connectivity index (χ4n) is 3.75. The molecule has 9 heteroatoms. The summed E-state index contributed by atoms with van der Waals surface area (Å²) in [6.07, 6.45) is 0. The van der Waals surface area contributed by atoms with Gasteiger partial charge in [0.2, 0.25) is 0 Å². The van der Waals surface area contributed by atoms with E-state index in [0.717, 1.165) is 12.1 Å². The maximum atomic E-state index is 14.6. The summed E-state index contributed by atoms with van der Waals surface area (Å²) in [6.45, 7) is 2.59. The highest BCUT2D eigenvalue weighted by atomic mass is 32.1. The van der Waals surface area contributed by atoms with Crippen LogP contribution in [0.25, 0.3) is 0 Å². The van der Waals surface area contributed by atoms with Gasteiger partial charge in [-0.3, -0.25) is 9.69 Å². The van der Waals surface area contributed by atoms with Gasteiger partial charge in [0.15, 0.2) is 16.6 Å². The van der Waals surface area contributed by atoms with Gasteiger partial charge in [0.05, 0.1) is 22.9 Å². The van der Waals surface area contributed by atoms with Crippen LogP contribution in [-0.2, 0) is 4.79 Å². The maximum Gasteiger partial charge on any atom is 0.253 e. The van der Waals surface area contributed by atoms with Crippen LogP contribution in [0.3, 0.4) is 0 Å². The molecular formula is C22H21F2N3O3S. The number of nitrogens with zero attached hydrogens (tertiary/aromatic N) is 2. The van der Waals surface area contributed by atoms with Gasteiger partial charge in [0.1, 0.15) is 24.8 Å². The molecule has 0 aliphatic carbocycles. The van der Waals surface area contributed by atoms with Crippen LogP contribution in [0.5, 0.6) is 11.5 Å². The summed E-state index contributed by atoms with van der Waals surface area (Å²) in [5, 5.41) is 3.16. The average Bonchev–Trinajstić information content (AvgIpc) is 2.73. The number of amides is 1. The number of allylic oxidation sites excluding steroid dienone is 1. The minimum Gasteiger partial charge on any atom is -0.486 e. The molecule has 1 amide bonds. The molecule has 2 heterocycles. The first-order valence-electron chi connectivity index (χ1n) is 9.66. The average molecular weight is 445 g/mol. The topological polar surface area (TPSA) is 54.0 Å². The van der Waals surface area contributed by atoms with E-state index in [1.54, 1.807) is 44.1 Å². The van der Waals surface area contributed by atoms with E-state index in [0.29, 0.717) is 36.1 Å². The Bertz CT molecular complexity index is 1080. The molecule has 0 saturated heterocycles. The standard InChI is InChI=1S/C22H21F2N3O3S/c1-12-18(21(28)26(2)3)20(19-14(23)5-4-6-15(19)24)25-22(31)27(12)13-7-8-16-17(11-13)30-10-9-29-16/h4-8,11,20H,9-10H2,1-3H3,(H,25,31)/t20-/m0/s1. The first kappa shape index (κ1) is 21.0. The van der Waals surface area contributed by atoms with E-state index in [1.807, 2.05) is 0 Å². The molecule has 1 N–H and O–H groups in total. The molecule has 0 bridgehead atoms. The number of thiocarbonyl (C=S) groups is 1. The van der Waals surface area contributed by atoms with Crippen molar-refractivity contribution < 1.29 is 23.0 Å².